The molecule has 0 saturated carbocycles. The number of methoxy groups -OCH3 is 1. The lowest BCUT2D eigenvalue weighted by Crippen LogP contribution is -2.18. The van der Waals surface area contributed by atoms with Gasteiger partial charge in [0.1, 0.15) is 11.6 Å². The minimum Gasteiger partial charge on any atom is -0.497 e. The topological polar surface area (TPSA) is 42.4 Å². The van der Waals surface area contributed by atoms with Crippen LogP contribution in [0.15, 0.2) is 42.6 Å². The normalized spacial score (nSPS) is 10.2. The minimum absolute atomic E-state index is 0.0477. The molecule has 0 fully saturated rings. The summed E-state index contributed by atoms with van der Waals surface area (Å²) in [5, 5.41) is 0. The number of aromatic nitrogens is 1. The third kappa shape index (κ3) is 3.35. The number of ether oxygens (including phenoxy) is 1. The number of ketones is 1. The van der Waals surface area contributed by atoms with Crippen molar-refractivity contribution < 1.29 is 9.53 Å². The Morgan fingerprint density at radius 2 is 1.95 bits per heavy atom. The number of pyridine rings is 1. The zero-order valence-electron chi connectivity index (χ0n) is 12.0. The minimum atomic E-state index is 0.0477. The van der Waals surface area contributed by atoms with E-state index in [1.165, 1.54) is 0 Å². The molecule has 0 amide bonds. The Bertz CT molecular complexity index is 594. The van der Waals surface area contributed by atoms with Crippen molar-refractivity contribution in [1.29, 1.82) is 0 Å². The van der Waals surface area contributed by atoms with Gasteiger partial charge in [-0.1, -0.05) is 12.1 Å². The Hall–Kier alpha value is -2.36. The van der Waals surface area contributed by atoms with Gasteiger partial charge in [0.2, 0.25) is 0 Å². The number of nitrogens with zero attached hydrogens (tertiary/aromatic N) is 2. The van der Waals surface area contributed by atoms with Gasteiger partial charge in [0.25, 0.3) is 0 Å². The van der Waals surface area contributed by atoms with E-state index in [2.05, 4.69) is 4.98 Å². The fourth-order valence-electron chi connectivity index (χ4n) is 1.93. The lowest BCUT2D eigenvalue weighted by molar-refractivity contribution is 0.101. The van der Waals surface area contributed by atoms with Gasteiger partial charge in [-0.3, -0.25) is 4.79 Å². The second kappa shape index (κ2) is 6.19. The highest BCUT2D eigenvalue weighted by atomic mass is 16.5. The molecule has 4 nitrogen and oxygen atoms in total. The summed E-state index contributed by atoms with van der Waals surface area (Å²) < 4.78 is 5.14. The molecule has 4 heteroatoms. The molecule has 20 heavy (non-hydrogen) atoms. The maximum atomic E-state index is 11.4. The van der Waals surface area contributed by atoms with Crippen LogP contribution in [0.4, 0.5) is 5.82 Å². The maximum absolute atomic E-state index is 11.4. The first-order valence-electron chi connectivity index (χ1n) is 6.41. The van der Waals surface area contributed by atoms with E-state index in [1.807, 2.05) is 42.3 Å². The number of carbonyl (C=O) groups excluding carboxylic acids is 1. The molecule has 0 atom stereocenters. The molecule has 104 valence electrons. The lowest BCUT2D eigenvalue weighted by Gasteiger charge is -2.18. The summed E-state index contributed by atoms with van der Waals surface area (Å²) in [7, 11) is 3.61. The zero-order valence-corrected chi connectivity index (χ0v) is 12.0. The van der Waals surface area contributed by atoms with Crippen molar-refractivity contribution in [3.63, 3.8) is 0 Å². The van der Waals surface area contributed by atoms with Crippen LogP contribution in [0.2, 0.25) is 0 Å². The molecule has 0 unspecified atom stereocenters. The van der Waals surface area contributed by atoms with Crippen LogP contribution in [0.25, 0.3) is 0 Å². The fourth-order valence-corrected chi connectivity index (χ4v) is 1.93. The number of rotatable bonds is 5. The quantitative estimate of drug-likeness (QED) is 0.783. The van der Waals surface area contributed by atoms with E-state index in [1.54, 1.807) is 26.3 Å². The zero-order chi connectivity index (χ0) is 14.5. The van der Waals surface area contributed by atoms with Gasteiger partial charge in [-0.25, -0.2) is 4.98 Å². The summed E-state index contributed by atoms with van der Waals surface area (Å²) in [6, 6.07) is 11.4. The van der Waals surface area contributed by atoms with E-state index >= 15 is 0 Å². The molecule has 0 aliphatic carbocycles. The second-order valence-electron chi connectivity index (χ2n) is 4.66. The summed E-state index contributed by atoms with van der Waals surface area (Å²) >= 11 is 0. The van der Waals surface area contributed by atoms with E-state index in [0.29, 0.717) is 5.56 Å². The van der Waals surface area contributed by atoms with Crippen molar-refractivity contribution in [2.24, 2.45) is 0 Å². The first kappa shape index (κ1) is 14.1. The predicted octanol–water partition coefficient (Wildman–Crippen LogP) is 2.93. The molecule has 1 heterocycles. The van der Waals surface area contributed by atoms with Crippen LogP contribution < -0.4 is 9.64 Å². The number of hydrogen-bond acceptors (Lipinski definition) is 4. The molecule has 0 aliphatic heterocycles. The molecule has 0 radical (unpaired) electrons. The van der Waals surface area contributed by atoms with Gasteiger partial charge in [0.15, 0.2) is 5.78 Å². The summed E-state index contributed by atoms with van der Waals surface area (Å²) in [6.45, 7) is 2.28. The van der Waals surface area contributed by atoms with Crippen molar-refractivity contribution in [3.8, 4) is 5.75 Å². The van der Waals surface area contributed by atoms with Crippen LogP contribution in [0.1, 0.15) is 22.8 Å². The Morgan fingerprint density at radius 3 is 2.55 bits per heavy atom. The molecule has 0 spiro atoms. The van der Waals surface area contributed by atoms with Crippen molar-refractivity contribution in [3.05, 3.63) is 53.7 Å². The molecule has 0 saturated heterocycles. The Labute approximate surface area is 119 Å². The van der Waals surface area contributed by atoms with Gasteiger partial charge in [-0.15, -0.1) is 0 Å². The first-order chi connectivity index (χ1) is 9.60. The second-order valence-corrected chi connectivity index (χ2v) is 4.66. The molecule has 0 N–H and O–H groups in total. The van der Waals surface area contributed by atoms with Gasteiger partial charge < -0.3 is 9.64 Å². The van der Waals surface area contributed by atoms with Gasteiger partial charge in [-0.2, -0.15) is 0 Å². The summed E-state index contributed by atoms with van der Waals surface area (Å²) in [6.07, 6.45) is 1.66. The Kier molecular flexibility index (Phi) is 4.35. The summed E-state index contributed by atoms with van der Waals surface area (Å²) in [5.41, 5.74) is 1.83. The van der Waals surface area contributed by atoms with Gasteiger partial charge in [0.05, 0.1) is 7.11 Å². The van der Waals surface area contributed by atoms with Crippen molar-refractivity contribution in [1.82, 2.24) is 4.98 Å². The molecule has 2 aromatic rings. The number of hydrogen-bond donors (Lipinski definition) is 0. The van der Waals surface area contributed by atoms with Crippen LogP contribution in [-0.4, -0.2) is 24.9 Å². The summed E-state index contributed by atoms with van der Waals surface area (Å²) in [4.78, 5) is 17.7. The van der Waals surface area contributed by atoms with E-state index < -0.39 is 0 Å². The van der Waals surface area contributed by atoms with Crippen molar-refractivity contribution in [2.75, 3.05) is 19.1 Å². The number of anilines is 1. The highest BCUT2D eigenvalue weighted by Crippen LogP contribution is 2.17. The van der Waals surface area contributed by atoms with E-state index in [-0.39, 0.29) is 5.78 Å². The molecule has 2 rings (SSSR count). The van der Waals surface area contributed by atoms with E-state index in [0.717, 1.165) is 23.7 Å². The van der Waals surface area contributed by atoms with E-state index in [4.69, 9.17) is 4.74 Å². The molecular formula is C16H18N2O2. The van der Waals surface area contributed by atoms with Crippen molar-refractivity contribution >= 4 is 11.6 Å². The van der Waals surface area contributed by atoms with Crippen LogP contribution >= 0.6 is 0 Å². The van der Waals surface area contributed by atoms with E-state index in [9.17, 15) is 4.79 Å². The third-order valence-corrected chi connectivity index (χ3v) is 3.12. The smallest absolute Gasteiger partial charge is 0.159 e. The molecule has 1 aromatic heterocycles. The summed E-state index contributed by atoms with van der Waals surface area (Å²) in [5.74, 6) is 1.67. The predicted molar refractivity (Wildman–Crippen MR) is 79.3 cm³/mol. The van der Waals surface area contributed by atoms with Gasteiger partial charge in [0, 0.05) is 25.4 Å². The molecule has 1 aromatic carbocycles. The Morgan fingerprint density at radius 1 is 1.25 bits per heavy atom. The number of carbonyl (C=O) groups is 1. The molecule has 0 bridgehead atoms. The lowest BCUT2D eigenvalue weighted by atomic mass is 10.2. The molecule has 0 aliphatic rings. The first-order valence-corrected chi connectivity index (χ1v) is 6.41. The third-order valence-electron chi connectivity index (χ3n) is 3.12. The number of benzene rings is 1. The highest BCUT2D eigenvalue weighted by Gasteiger charge is 2.07. The van der Waals surface area contributed by atoms with Gasteiger partial charge >= 0.3 is 0 Å². The van der Waals surface area contributed by atoms with Gasteiger partial charge in [-0.05, 0) is 36.8 Å². The SMILES string of the molecule is COc1ccc(CN(C)c2cc(C(C)=O)ccn2)cc1. The average Bonchev–Trinajstić information content (AvgIpc) is 2.48. The van der Waals surface area contributed by atoms with Crippen LogP contribution in [0.3, 0.4) is 0 Å². The fraction of sp³-hybridized carbons (Fsp3) is 0.250. The number of Topliss-reactive ketones (excluding diaryl/α,β-unsaturated/α-hetero) is 1. The standard InChI is InChI=1S/C16H18N2O2/c1-12(19)14-8-9-17-16(10-14)18(2)11-13-4-6-15(20-3)7-5-13/h4-10H,11H2,1-3H3. The molecular weight excluding hydrogens is 252 g/mol. The van der Waals surface area contributed by atoms with Crippen LogP contribution in [0, 0.1) is 0 Å². The van der Waals surface area contributed by atoms with Crippen LogP contribution in [0.5, 0.6) is 5.75 Å². The highest BCUT2D eigenvalue weighted by molar-refractivity contribution is 5.94. The van der Waals surface area contributed by atoms with Crippen LogP contribution in [-0.2, 0) is 6.54 Å². The monoisotopic (exact) mass is 270 g/mol. The largest absolute Gasteiger partial charge is 0.497 e. The van der Waals surface area contributed by atoms with Crippen molar-refractivity contribution in [2.45, 2.75) is 13.5 Å². The Balaban J connectivity index is 2.12. The average molecular weight is 270 g/mol. The maximum Gasteiger partial charge on any atom is 0.159 e.